The van der Waals surface area contributed by atoms with Crippen molar-refractivity contribution in [1.29, 1.82) is 0 Å². The zero-order valence-electron chi connectivity index (χ0n) is 4.96. The second-order valence-corrected chi connectivity index (χ2v) is 2.01. The van der Waals surface area contributed by atoms with Crippen molar-refractivity contribution in [2.24, 2.45) is 4.99 Å². The maximum absolute atomic E-state index is 4.19. The second-order valence-electron chi connectivity index (χ2n) is 2.01. The Hall–Kier alpha value is -1.11. The summed E-state index contributed by atoms with van der Waals surface area (Å²) in [6.07, 6.45) is 3.13. The third-order valence-electron chi connectivity index (χ3n) is 1.42. The summed E-state index contributed by atoms with van der Waals surface area (Å²) in [5.41, 5.74) is 0. The molecular formula is C8H6N. The minimum Gasteiger partial charge on any atom is -0.280 e. The first-order chi connectivity index (χ1) is 4.47. The summed E-state index contributed by atoms with van der Waals surface area (Å²) in [5, 5.41) is 2.23. The highest BCUT2D eigenvalue weighted by Gasteiger charge is 1.89. The first kappa shape index (κ1) is 4.74. The van der Waals surface area contributed by atoms with Crippen LogP contribution in [0.2, 0.25) is 0 Å². The molecule has 43 valence electrons. The van der Waals surface area contributed by atoms with Crippen LogP contribution in [0.4, 0.5) is 0 Å². The van der Waals surface area contributed by atoms with Crippen molar-refractivity contribution in [1.82, 2.24) is 0 Å². The van der Waals surface area contributed by atoms with Gasteiger partial charge in [0.25, 0.3) is 0 Å². The zero-order valence-corrected chi connectivity index (χ0v) is 4.96. The zero-order chi connectivity index (χ0) is 6.10. The highest BCUT2D eigenvalue weighted by atomic mass is 14.7. The van der Waals surface area contributed by atoms with Gasteiger partial charge in [-0.3, -0.25) is 4.99 Å². The van der Waals surface area contributed by atoms with Crippen LogP contribution in [0.5, 0.6) is 0 Å². The number of benzene rings is 1. The molecule has 1 aliphatic rings. The molecule has 1 radical (unpaired) electrons. The molecule has 1 heteroatoms. The van der Waals surface area contributed by atoms with Crippen LogP contribution in [-0.4, -0.2) is 6.54 Å². The van der Waals surface area contributed by atoms with Gasteiger partial charge in [-0.05, 0) is 12.1 Å². The molecule has 0 spiro atoms. The topological polar surface area (TPSA) is 12.4 Å². The molecule has 0 saturated heterocycles. The largest absolute Gasteiger partial charge is 0.280 e. The molecule has 1 heterocycles. The predicted octanol–water partition coefficient (Wildman–Crippen LogP) is -0.0227. The quantitative estimate of drug-likeness (QED) is 0.451. The van der Waals surface area contributed by atoms with Gasteiger partial charge in [-0.15, -0.1) is 0 Å². The van der Waals surface area contributed by atoms with Gasteiger partial charge in [0.15, 0.2) is 0 Å². The molecule has 0 amide bonds. The van der Waals surface area contributed by atoms with E-state index in [9.17, 15) is 0 Å². The SMILES string of the molecule is [C]1=c2ccccc2=NC1. The maximum atomic E-state index is 4.19. The lowest BCUT2D eigenvalue weighted by atomic mass is 10.3. The molecule has 0 fully saturated rings. The number of hydrogen-bond acceptors (Lipinski definition) is 1. The molecule has 9 heavy (non-hydrogen) atoms. The van der Waals surface area contributed by atoms with Gasteiger partial charge in [-0.25, -0.2) is 0 Å². The fraction of sp³-hybridized carbons (Fsp3) is 0.125. The molecular weight excluding hydrogens is 110 g/mol. The number of nitrogens with zero attached hydrogens (tertiary/aromatic N) is 1. The molecule has 0 saturated carbocycles. The van der Waals surface area contributed by atoms with Gasteiger partial charge in [0, 0.05) is 5.22 Å². The second kappa shape index (κ2) is 1.69. The Morgan fingerprint density at radius 2 is 2.22 bits per heavy atom. The van der Waals surface area contributed by atoms with E-state index in [1.54, 1.807) is 0 Å². The van der Waals surface area contributed by atoms with Crippen molar-refractivity contribution in [2.75, 3.05) is 6.54 Å². The van der Waals surface area contributed by atoms with Gasteiger partial charge in [0.1, 0.15) is 0 Å². The van der Waals surface area contributed by atoms with E-state index in [1.165, 1.54) is 0 Å². The average molecular weight is 116 g/mol. The normalized spacial score (nSPS) is 13.8. The molecule has 0 unspecified atom stereocenters. The van der Waals surface area contributed by atoms with E-state index in [4.69, 9.17) is 0 Å². The maximum Gasteiger partial charge on any atom is 0.0657 e. The van der Waals surface area contributed by atoms with Crippen molar-refractivity contribution in [3.05, 3.63) is 34.8 Å². The summed E-state index contributed by atoms with van der Waals surface area (Å²) in [5.74, 6) is 0. The van der Waals surface area contributed by atoms with Crippen molar-refractivity contribution in [2.45, 2.75) is 0 Å². The fourth-order valence-corrected chi connectivity index (χ4v) is 0.971. The third kappa shape index (κ3) is 0.653. The van der Waals surface area contributed by atoms with E-state index < -0.39 is 0 Å². The number of fused-ring (bicyclic) bond motifs is 1. The van der Waals surface area contributed by atoms with Gasteiger partial charge >= 0.3 is 0 Å². The first-order valence-electron chi connectivity index (χ1n) is 2.97. The van der Waals surface area contributed by atoms with Crippen molar-refractivity contribution in [3.63, 3.8) is 0 Å². The van der Waals surface area contributed by atoms with E-state index in [-0.39, 0.29) is 0 Å². The highest BCUT2D eigenvalue weighted by molar-refractivity contribution is 5.28. The monoisotopic (exact) mass is 116 g/mol. The number of hydrogen-bond donors (Lipinski definition) is 0. The number of rotatable bonds is 0. The smallest absolute Gasteiger partial charge is 0.0657 e. The molecule has 1 aromatic carbocycles. The summed E-state index contributed by atoms with van der Waals surface area (Å²) in [7, 11) is 0. The van der Waals surface area contributed by atoms with Crippen LogP contribution in [0.25, 0.3) is 6.08 Å². The van der Waals surface area contributed by atoms with Gasteiger partial charge in [-0.1, -0.05) is 18.2 Å². The van der Waals surface area contributed by atoms with Crippen LogP contribution in [0, 0.1) is 0 Å². The Balaban J connectivity index is 2.97. The van der Waals surface area contributed by atoms with Crippen LogP contribution in [0.15, 0.2) is 29.3 Å². The first-order valence-corrected chi connectivity index (χ1v) is 2.97. The Morgan fingerprint density at radius 3 is 3.11 bits per heavy atom. The van der Waals surface area contributed by atoms with E-state index in [0.717, 1.165) is 17.1 Å². The lowest BCUT2D eigenvalue weighted by molar-refractivity contribution is 1.22. The van der Waals surface area contributed by atoms with Crippen LogP contribution >= 0.6 is 0 Å². The third-order valence-corrected chi connectivity index (χ3v) is 1.42. The Bertz CT molecular complexity index is 292. The van der Waals surface area contributed by atoms with Crippen LogP contribution in [0.1, 0.15) is 0 Å². The van der Waals surface area contributed by atoms with Crippen LogP contribution in [0.3, 0.4) is 0 Å². The van der Waals surface area contributed by atoms with Crippen molar-refractivity contribution in [3.8, 4) is 0 Å². The van der Waals surface area contributed by atoms with Gasteiger partial charge in [0.2, 0.25) is 0 Å². The van der Waals surface area contributed by atoms with Gasteiger partial charge < -0.3 is 0 Å². The standard InChI is InChI=1S/C8H6N/c1-2-4-8-7(3-1)5-6-9-8/h1-4H,6H2. The van der Waals surface area contributed by atoms with Crippen molar-refractivity contribution >= 4 is 6.08 Å². The molecule has 0 aliphatic carbocycles. The summed E-state index contributed by atoms with van der Waals surface area (Å²) >= 11 is 0. The molecule has 0 N–H and O–H groups in total. The Morgan fingerprint density at radius 1 is 1.33 bits per heavy atom. The molecule has 1 aromatic rings. The minimum atomic E-state index is 0.735. The molecule has 0 bridgehead atoms. The molecule has 0 aromatic heterocycles. The molecule has 2 rings (SSSR count). The lowest BCUT2D eigenvalue weighted by Crippen LogP contribution is -2.19. The van der Waals surface area contributed by atoms with Crippen LogP contribution in [-0.2, 0) is 0 Å². The van der Waals surface area contributed by atoms with E-state index in [1.807, 2.05) is 24.3 Å². The summed E-state index contributed by atoms with van der Waals surface area (Å²) < 4.78 is 0. The van der Waals surface area contributed by atoms with Crippen LogP contribution < -0.4 is 10.6 Å². The predicted molar refractivity (Wildman–Crippen MR) is 35.5 cm³/mol. The van der Waals surface area contributed by atoms with E-state index in [0.29, 0.717) is 0 Å². The minimum absolute atomic E-state index is 0.735. The van der Waals surface area contributed by atoms with Gasteiger partial charge in [0.05, 0.1) is 11.9 Å². The summed E-state index contributed by atoms with van der Waals surface area (Å²) in [6, 6.07) is 8.04. The highest BCUT2D eigenvalue weighted by Crippen LogP contribution is 1.78. The Labute approximate surface area is 53.4 Å². The molecule has 1 aliphatic heterocycles. The fourth-order valence-electron chi connectivity index (χ4n) is 0.971. The molecule has 0 atom stereocenters. The van der Waals surface area contributed by atoms with Crippen molar-refractivity contribution < 1.29 is 0 Å². The lowest BCUT2D eigenvalue weighted by Gasteiger charge is -1.77. The Kier molecular flexibility index (Phi) is 0.890. The van der Waals surface area contributed by atoms with E-state index in [2.05, 4.69) is 11.1 Å². The summed E-state index contributed by atoms with van der Waals surface area (Å²) in [6.45, 7) is 0.735. The summed E-state index contributed by atoms with van der Waals surface area (Å²) in [4.78, 5) is 4.19. The molecule has 1 nitrogen and oxygen atoms in total. The number of para-hydroxylation sites is 1. The van der Waals surface area contributed by atoms with E-state index >= 15 is 0 Å². The average Bonchev–Trinajstić information content (AvgIpc) is 2.33. The van der Waals surface area contributed by atoms with Gasteiger partial charge in [-0.2, -0.15) is 0 Å².